The molecule has 0 aliphatic carbocycles. The summed E-state index contributed by atoms with van der Waals surface area (Å²) in [6.07, 6.45) is 0.902. The van der Waals surface area contributed by atoms with Gasteiger partial charge < -0.3 is 9.64 Å². The lowest BCUT2D eigenvalue weighted by molar-refractivity contribution is -0.149. The standard InChI is InChI=1S/C23H27N3O2/c1-3-28-23(27)17(2)25-12-14-26(15-13-25)22-20-10-6-4-8-18(20)16-19-9-5-7-11-21(19)24-22/h4-11,17H,3,12-16H2,1-2H3. The van der Waals surface area contributed by atoms with Crippen LogP contribution in [0, 0.1) is 0 Å². The fraction of sp³-hybridized carbons (Fsp3) is 0.391. The molecule has 28 heavy (non-hydrogen) atoms. The Balaban J connectivity index is 1.57. The van der Waals surface area contributed by atoms with Gasteiger partial charge in [0.15, 0.2) is 0 Å². The van der Waals surface area contributed by atoms with Gasteiger partial charge in [0.05, 0.1) is 12.3 Å². The molecule has 2 heterocycles. The first-order chi connectivity index (χ1) is 13.7. The number of piperazine rings is 1. The van der Waals surface area contributed by atoms with Crippen LogP contribution < -0.4 is 0 Å². The number of carbonyl (C=O) groups excluding carboxylic acids is 1. The fourth-order valence-corrected chi connectivity index (χ4v) is 4.02. The van der Waals surface area contributed by atoms with Crippen LogP contribution >= 0.6 is 0 Å². The first kappa shape index (κ1) is 18.7. The van der Waals surface area contributed by atoms with Gasteiger partial charge in [0, 0.05) is 38.2 Å². The highest BCUT2D eigenvalue weighted by Gasteiger charge is 2.29. The number of para-hydroxylation sites is 1. The number of esters is 1. The predicted octanol–water partition coefficient (Wildman–Crippen LogP) is 3.24. The van der Waals surface area contributed by atoms with Gasteiger partial charge in [0.25, 0.3) is 0 Å². The van der Waals surface area contributed by atoms with Crippen LogP contribution in [-0.2, 0) is 16.0 Å². The SMILES string of the molecule is CCOC(=O)C(C)N1CCN(C2=Nc3ccccc3Cc3ccccc32)CC1. The van der Waals surface area contributed by atoms with E-state index in [1.807, 2.05) is 13.8 Å². The molecule has 5 heteroatoms. The van der Waals surface area contributed by atoms with Crippen LogP contribution in [-0.4, -0.2) is 60.4 Å². The van der Waals surface area contributed by atoms with Gasteiger partial charge >= 0.3 is 5.97 Å². The van der Waals surface area contributed by atoms with Crippen LogP contribution in [0.4, 0.5) is 5.69 Å². The van der Waals surface area contributed by atoms with Gasteiger partial charge in [-0.25, -0.2) is 4.99 Å². The third-order valence-electron chi connectivity index (χ3n) is 5.65. The van der Waals surface area contributed by atoms with E-state index in [0.29, 0.717) is 6.61 Å². The van der Waals surface area contributed by atoms with Crippen LogP contribution in [0.2, 0.25) is 0 Å². The normalized spacial score (nSPS) is 17.8. The molecule has 0 bridgehead atoms. The van der Waals surface area contributed by atoms with Gasteiger partial charge in [-0.3, -0.25) is 9.69 Å². The molecular weight excluding hydrogens is 350 g/mol. The minimum atomic E-state index is -0.203. The molecular formula is C23H27N3O2. The number of ether oxygens (including phenoxy) is 1. The Morgan fingerprint density at radius 1 is 1.04 bits per heavy atom. The van der Waals surface area contributed by atoms with Crippen molar-refractivity contribution in [2.24, 2.45) is 4.99 Å². The number of hydrogen-bond donors (Lipinski definition) is 0. The van der Waals surface area contributed by atoms with Crippen molar-refractivity contribution in [1.29, 1.82) is 0 Å². The van der Waals surface area contributed by atoms with Crippen LogP contribution in [0.15, 0.2) is 53.5 Å². The van der Waals surface area contributed by atoms with E-state index in [-0.39, 0.29) is 12.0 Å². The summed E-state index contributed by atoms with van der Waals surface area (Å²) >= 11 is 0. The second kappa shape index (κ2) is 8.15. The van der Waals surface area contributed by atoms with E-state index >= 15 is 0 Å². The largest absolute Gasteiger partial charge is 0.465 e. The van der Waals surface area contributed by atoms with Crippen molar-refractivity contribution in [3.63, 3.8) is 0 Å². The van der Waals surface area contributed by atoms with Crippen LogP contribution in [0.3, 0.4) is 0 Å². The molecule has 2 aromatic carbocycles. The molecule has 2 aliphatic rings. The van der Waals surface area contributed by atoms with Crippen molar-refractivity contribution in [3.8, 4) is 0 Å². The molecule has 2 aromatic rings. The summed E-state index contributed by atoms with van der Waals surface area (Å²) in [5.41, 5.74) is 4.84. The second-order valence-corrected chi connectivity index (χ2v) is 7.35. The molecule has 1 unspecified atom stereocenters. The lowest BCUT2D eigenvalue weighted by atomic mass is 9.99. The predicted molar refractivity (Wildman–Crippen MR) is 111 cm³/mol. The quantitative estimate of drug-likeness (QED) is 0.771. The number of amidine groups is 1. The van der Waals surface area contributed by atoms with Gasteiger partial charge in [-0.2, -0.15) is 0 Å². The Morgan fingerprint density at radius 3 is 2.46 bits per heavy atom. The molecule has 1 fully saturated rings. The van der Waals surface area contributed by atoms with Crippen molar-refractivity contribution < 1.29 is 9.53 Å². The summed E-state index contributed by atoms with van der Waals surface area (Å²) in [6.45, 7) is 7.55. The Hall–Kier alpha value is -2.66. The molecule has 0 radical (unpaired) electrons. The summed E-state index contributed by atoms with van der Waals surface area (Å²) in [6, 6.07) is 16.8. The van der Waals surface area contributed by atoms with Crippen molar-refractivity contribution in [2.45, 2.75) is 26.3 Å². The average Bonchev–Trinajstić information content (AvgIpc) is 2.90. The molecule has 0 aromatic heterocycles. The topological polar surface area (TPSA) is 45.1 Å². The Kier molecular flexibility index (Phi) is 5.44. The smallest absolute Gasteiger partial charge is 0.323 e. The average molecular weight is 377 g/mol. The summed E-state index contributed by atoms with van der Waals surface area (Å²) in [7, 11) is 0. The molecule has 0 N–H and O–H groups in total. The van der Waals surface area contributed by atoms with E-state index < -0.39 is 0 Å². The first-order valence-corrected chi connectivity index (χ1v) is 10.1. The summed E-state index contributed by atoms with van der Waals surface area (Å²) in [4.78, 5) is 21.7. The molecule has 2 aliphatic heterocycles. The van der Waals surface area contributed by atoms with Gasteiger partial charge in [0.2, 0.25) is 0 Å². The van der Waals surface area contributed by atoms with Gasteiger partial charge in [-0.05, 0) is 31.0 Å². The number of rotatable bonds is 3. The Bertz CT molecular complexity index is 885. The minimum Gasteiger partial charge on any atom is -0.465 e. The van der Waals surface area contributed by atoms with Crippen molar-refractivity contribution >= 4 is 17.5 Å². The number of hydrogen-bond acceptors (Lipinski definition) is 5. The number of aliphatic imine (C=N–C) groups is 1. The number of carbonyl (C=O) groups is 1. The molecule has 1 atom stereocenters. The second-order valence-electron chi connectivity index (χ2n) is 7.35. The number of benzene rings is 2. The van der Waals surface area contributed by atoms with Gasteiger partial charge in [-0.15, -0.1) is 0 Å². The van der Waals surface area contributed by atoms with E-state index in [4.69, 9.17) is 9.73 Å². The monoisotopic (exact) mass is 377 g/mol. The molecule has 5 nitrogen and oxygen atoms in total. The fourth-order valence-electron chi connectivity index (χ4n) is 4.02. The zero-order chi connectivity index (χ0) is 19.5. The maximum Gasteiger partial charge on any atom is 0.323 e. The van der Waals surface area contributed by atoms with E-state index in [1.165, 1.54) is 16.7 Å². The molecule has 0 amide bonds. The van der Waals surface area contributed by atoms with Gasteiger partial charge in [0.1, 0.15) is 11.9 Å². The maximum atomic E-state index is 12.1. The van der Waals surface area contributed by atoms with E-state index in [2.05, 4.69) is 58.3 Å². The van der Waals surface area contributed by atoms with E-state index in [1.54, 1.807) is 0 Å². The lowest BCUT2D eigenvalue weighted by Gasteiger charge is -2.38. The first-order valence-electron chi connectivity index (χ1n) is 10.1. The van der Waals surface area contributed by atoms with E-state index in [9.17, 15) is 4.79 Å². The zero-order valence-electron chi connectivity index (χ0n) is 16.6. The van der Waals surface area contributed by atoms with Crippen molar-refractivity contribution in [3.05, 3.63) is 65.2 Å². The third-order valence-corrected chi connectivity index (χ3v) is 5.65. The number of nitrogens with zero attached hydrogens (tertiary/aromatic N) is 3. The summed E-state index contributed by atoms with van der Waals surface area (Å²) in [5.74, 6) is 0.908. The molecule has 4 rings (SSSR count). The van der Waals surface area contributed by atoms with Gasteiger partial charge in [-0.1, -0.05) is 42.5 Å². The van der Waals surface area contributed by atoms with Crippen molar-refractivity contribution in [1.82, 2.24) is 9.80 Å². The maximum absolute atomic E-state index is 12.1. The van der Waals surface area contributed by atoms with Crippen LogP contribution in [0.5, 0.6) is 0 Å². The van der Waals surface area contributed by atoms with Crippen LogP contribution in [0.1, 0.15) is 30.5 Å². The zero-order valence-corrected chi connectivity index (χ0v) is 16.6. The number of fused-ring (bicyclic) bond motifs is 2. The lowest BCUT2D eigenvalue weighted by Crippen LogP contribution is -2.53. The molecule has 0 saturated carbocycles. The molecule has 146 valence electrons. The van der Waals surface area contributed by atoms with Crippen molar-refractivity contribution in [2.75, 3.05) is 32.8 Å². The third kappa shape index (κ3) is 3.67. The highest BCUT2D eigenvalue weighted by atomic mass is 16.5. The highest BCUT2D eigenvalue weighted by Crippen LogP contribution is 2.29. The summed E-state index contributed by atoms with van der Waals surface area (Å²) in [5, 5.41) is 0. The van der Waals surface area contributed by atoms with Crippen LogP contribution in [0.25, 0.3) is 0 Å². The minimum absolute atomic E-state index is 0.137. The van der Waals surface area contributed by atoms with E-state index in [0.717, 1.165) is 44.1 Å². The Labute approximate surface area is 166 Å². The molecule has 0 spiro atoms. The Morgan fingerprint density at radius 2 is 1.71 bits per heavy atom. The highest BCUT2D eigenvalue weighted by molar-refractivity contribution is 6.02. The summed E-state index contributed by atoms with van der Waals surface area (Å²) < 4.78 is 5.18. The molecule has 1 saturated heterocycles.